The number of hydrogen-bond donors (Lipinski definition) is 3. The number of aliphatic hydroxyl groups excluding tert-OH is 1. The molecule has 0 aliphatic carbocycles. The van der Waals surface area contributed by atoms with Crippen LogP contribution in [0.3, 0.4) is 0 Å². The number of unbranched alkanes of at least 4 members (excludes halogenated alkanes) is 29. The SMILES string of the molecule is CCCCCCCCCCCCCCCCCCC(CCCCCCCCCCCCCCCCC)OC(O)NCC(=O)NCCOC. The minimum absolute atomic E-state index is 0.0373. The van der Waals surface area contributed by atoms with Gasteiger partial charge in [-0.05, 0) is 12.8 Å². The van der Waals surface area contributed by atoms with E-state index in [9.17, 15) is 9.90 Å². The molecule has 6 heteroatoms. The largest absolute Gasteiger partial charge is 0.383 e. The fraction of sp³-hybridized carbons (Fsp3) is 0.976. The molecule has 288 valence electrons. The van der Waals surface area contributed by atoms with E-state index in [-0.39, 0.29) is 18.6 Å². The second kappa shape index (κ2) is 40.7. The summed E-state index contributed by atoms with van der Waals surface area (Å²) in [7, 11) is 1.61. The molecule has 48 heavy (non-hydrogen) atoms. The molecule has 0 fully saturated rings. The minimum atomic E-state index is -1.11. The Labute approximate surface area is 300 Å². The molecule has 1 amide bonds. The first-order valence-electron chi connectivity index (χ1n) is 21.5. The molecule has 0 saturated carbocycles. The number of methoxy groups -OCH3 is 1. The summed E-state index contributed by atoms with van der Waals surface area (Å²) in [5.74, 6) is -0.161. The lowest BCUT2D eigenvalue weighted by Crippen LogP contribution is -2.42. The first-order chi connectivity index (χ1) is 23.6. The third-order valence-electron chi connectivity index (χ3n) is 9.90. The lowest BCUT2D eigenvalue weighted by Gasteiger charge is -2.22. The van der Waals surface area contributed by atoms with Crippen LogP contribution < -0.4 is 10.6 Å². The van der Waals surface area contributed by atoms with E-state index in [0.29, 0.717) is 13.2 Å². The van der Waals surface area contributed by atoms with E-state index >= 15 is 0 Å². The fourth-order valence-electron chi connectivity index (χ4n) is 6.71. The zero-order valence-corrected chi connectivity index (χ0v) is 32.8. The minimum Gasteiger partial charge on any atom is -0.383 e. The number of nitrogens with one attached hydrogen (secondary N) is 2. The molecule has 0 radical (unpaired) electrons. The molecule has 0 spiro atoms. The Hall–Kier alpha value is -0.690. The fourth-order valence-corrected chi connectivity index (χ4v) is 6.71. The maximum Gasteiger partial charge on any atom is 0.234 e. The van der Waals surface area contributed by atoms with Gasteiger partial charge in [-0.2, -0.15) is 0 Å². The Kier molecular flexibility index (Phi) is 40.2. The summed E-state index contributed by atoms with van der Waals surface area (Å²) in [5, 5.41) is 16.1. The van der Waals surface area contributed by atoms with Gasteiger partial charge in [-0.1, -0.05) is 213 Å². The summed E-state index contributed by atoms with van der Waals surface area (Å²) in [6.45, 7) is 5.56. The van der Waals surface area contributed by atoms with Gasteiger partial charge < -0.3 is 19.9 Å². The van der Waals surface area contributed by atoms with Crippen molar-refractivity contribution in [3.8, 4) is 0 Å². The molecule has 0 aromatic heterocycles. The predicted octanol–water partition coefficient (Wildman–Crippen LogP) is 11.9. The van der Waals surface area contributed by atoms with Gasteiger partial charge in [0.25, 0.3) is 0 Å². The number of aliphatic hydroxyl groups is 1. The topological polar surface area (TPSA) is 79.8 Å². The monoisotopic (exact) mass is 683 g/mol. The van der Waals surface area contributed by atoms with Crippen LogP contribution in [0.4, 0.5) is 0 Å². The van der Waals surface area contributed by atoms with Gasteiger partial charge in [-0.3, -0.25) is 10.1 Å². The van der Waals surface area contributed by atoms with E-state index in [1.54, 1.807) is 7.11 Å². The third-order valence-corrected chi connectivity index (χ3v) is 9.90. The Morgan fingerprint density at radius 1 is 0.521 bits per heavy atom. The van der Waals surface area contributed by atoms with E-state index in [4.69, 9.17) is 9.47 Å². The highest BCUT2D eigenvalue weighted by atomic mass is 16.6. The molecule has 0 heterocycles. The number of rotatable bonds is 41. The van der Waals surface area contributed by atoms with Crippen LogP contribution >= 0.6 is 0 Å². The molecule has 0 aliphatic heterocycles. The average Bonchev–Trinajstić information content (AvgIpc) is 3.08. The van der Waals surface area contributed by atoms with Gasteiger partial charge in [0, 0.05) is 13.7 Å². The van der Waals surface area contributed by atoms with E-state index in [1.165, 1.54) is 186 Å². The second-order valence-electron chi connectivity index (χ2n) is 14.7. The van der Waals surface area contributed by atoms with Crippen molar-refractivity contribution in [2.75, 3.05) is 26.8 Å². The highest BCUT2D eigenvalue weighted by molar-refractivity contribution is 5.77. The Balaban J connectivity index is 4.03. The van der Waals surface area contributed by atoms with Crippen LogP contribution in [0.1, 0.15) is 226 Å². The Morgan fingerprint density at radius 2 is 0.833 bits per heavy atom. The van der Waals surface area contributed by atoms with Crippen molar-refractivity contribution in [3.05, 3.63) is 0 Å². The molecule has 6 nitrogen and oxygen atoms in total. The van der Waals surface area contributed by atoms with Gasteiger partial charge >= 0.3 is 0 Å². The molecule has 2 atom stereocenters. The van der Waals surface area contributed by atoms with Gasteiger partial charge in [0.2, 0.25) is 12.3 Å². The molecule has 0 aromatic rings. The van der Waals surface area contributed by atoms with E-state index in [0.717, 1.165) is 25.7 Å². The first kappa shape index (κ1) is 47.3. The van der Waals surface area contributed by atoms with Gasteiger partial charge in [0.1, 0.15) is 0 Å². The van der Waals surface area contributed by atoms with Crippen LogP contribution in [0.15, 0.2) is 0 Å². The van der Waals surface area contributed by atoms with Crippen molar-refractivity contribution in [1.82, 2.24) is 10.6 Å². The summed E-state index contributed by atoms with van der Waals surface area (Å²) < 4.78 is 11.0. The third kappa shape index (κ3) is 38.1. The highest BCUT2D eigenvalue weighted by Crippen LogP contribution is 2.19. The maximum absolute atomic E-state index is 12.0. The first-order valence-corrected chi connectivity index (χ1v) is 21.5. The predicted molar refractivity (Wildman–Crippen MR) is 207 cm³/mol. The smallest absolute Gasteiger partial charge is 0.234 e. The summed E-state index contributed by atoms with van der Waals surface area (Å²) >= 11 is 0. The number of carbonyl (C=O) groups excluding carboxylic acids is 1. The van der Waals surface area contributed by atoms with Crippen LogP contribution in [0.5, 0.6) is 0 Å². The van der Waals surface area contributed by atoms with Crippen LogP contribution in [-0.4, -0.2) is 50.3 Å². The van der Waals surface area contributed by atoms with Crippen LogP contribution in [-0.2, 0) is 14.3 Å². The molecular weight excluding hydrogens is 596 g/mol. The summed E-state index contributed by atoms with van der Waals surface area (Å²) in [6.07, 6.45) is 43.3. The number of amides is 1. The zero-order chi connectivity index (χ0) is 35.0. The lowest BCUT2D eigenvalue weighted by atomic mass is 10.0. The zero-order valence-electron chi connectivity index (χ0n) is 32.8. The molecule has 2 unspecified atom stereocenters. The molecule has 3 N–H and O–H groups in total. The van der Waals surface area contributed by atoms with Crippen molar-refractivity contribution in [2.24, 2.45) is 0 Å². The summed E-state index contributed by atoms with van der Waals surface area (Å²) in [5.41, 5.74) is 0. The molecule has 0 saturated heterocycles. The van der Waals surface area contributed by atoms with Crippen molar-refractivity contribution < 1.29 is 19.4 Å². The van der Waals surface area contributed by atoms with Crippen molar-refractivity contribution in [3.63, 3.8) is 0 Å². The quantitative estimate of drug-likeness (QED) is 0.0442. The highest BCUT2D eigenvalue weighted by Gasteiger charge is 2.15. The molecular formula is C42H86N2O4. The van der Waals surface area contributed by atoms with E-state index in [2.05, 4.69) is 24.5 Å². The van der Waals surface area contributed by atoms with Crippen molar-refractivity contribution in [1.29, 1.82) is 0 Å². The maximum atomic E-state index is 12.0. The number of hydrogen-bond acceptors (Lipinski definition) is 5. The van der Waals surface area contributed by atoms with Crippen LogP contribution in [0.2, 0.25) is 0 Å². The van der Waals surface area contributed by atoms with Gasteiger partial charge in [0.15, 0.2) is 0 Å². The lowest BCUT2D eigenvalue weighted by molar-refractivity contribution is -0.160. The molecule has 0 aromatic carbocycles. The standard InChI is InChI=1S/C42H86N2O4/c1-4-6-8-10-12-14-16-18-20-22-24-26-28-30-32-34-36-40(48-42(46)44-39-41(45)43-37-38-47-3)35-33-31-29-27-25-23-21-19-17-15-13-11-9-7-5-2/h40,42,44,46H,4-39H2,1-3H3,(H,43,45). The van der Waals surface area contributed by atoms with Gasteiger partial charge in [0.05, 0.1) is 19.3 Å². The summed E-state index contributed by atoms with van der Waals surface area (Å²) in [6, 6.07) is 0. The van der Waals surface area contributed by atoms with Gasteiger partial charge in [-0.15, -0.1) is 0 Å². The number of carbonyl (C=O) groups is 1. The molecule has 0 aliphatic rings. The Morgan fingerprint density at radius 3 is 1.15 bits per heavy atom. The van der Waals surface area contributed by atoms with E-state index < -0.39 is 6.41 Å². The van der Waals surface area contributed by atoms with Crippen molar-refractivity contribution in [2.45, 2.75) is 238 Å². The van der Waals surface area contributed by atoms with Crippen LogP contribution in [0.25, 0.3) is 0 Å². The molecule has 0 rings (SSSR count). The van der Waals surface area contributed by atoms with E-state index in [1.807, 2.05) is 0 Å². The van der Waals surface area contributed by atoms with Crippen LogP contribution in [0, 0.1) is 0 Å². The van der Waals surface area contributed by atoms with Gasteiger partial charge in [-0.25, -0.2) is 0 Å². The average molecular weight is 683 g/mol. The number of ether oxygens (including phenoxy) is 2. The molecule has 0 bridgehead atoms. The normalized spacial score (nSPS) is 12.8. The summed E-state index contributed by atoms with van der Waals surface area (Å²) in [4.78, 5) is 12.0. The van der Waals surface area contributed by atoms with Crippen molar-refractivity contribution >= 4 is 5.91 Å². The Bertz CT molecular complexity index is 620. The second-order valence-corrected chi connectivity index (χ2v) is 14.7.